The summed E-state index contributed by atoms with van der Waals surface area (Å²) in [5, 5.41) is 3.02. The highest BCUT2D eigenvalue weighted by Crippen LogP contribution is 2.22. The summed E-state index contributed by atoms with van der Waals surface area (Å²) in [6.45, 7) is 1.81. The summed E-state index contributed by atoms with van der Waals surface area (Å²) in [5.41, 5.74) is 1.64. The first-order valence-corrected chi connectivity index (χ1v) is 9.93. The molecule has 0 saturated heterocycles. The second-order valence-corrected chi connectivity index (χ2v) is 8.09. The number of benzene rings is 2. The fourth-order valence-corrected chi connectivity index (χ4v) is 4.16. The number of anilines is 1. The topological polar surface area (TPSA) is 75.3 Å². The van der Waals surface area contributed by atoms with Gasteiger partial charge in [-0.2, -0.15) is 0 Å². The van der Waals surface area contributed by atoms with Crippen molar-refractivity contribution in [1.82, 2.24) is 5.32 Å². The predicted molar refractivity (Wildman–Crippen MR) is 98.2 cm³/mol. The molecule has 2 aromatic rings. The summed E-state index contributed by atoms with van der Waals surface area (Å²) in [6, 6.07) is 13.5. The number of aryl methyl sites for hydroxylation is 1. The first-order valence-electron chi connectivity index (χ1n) is 8.45. The highest BCUT2D eigenvalue weighted by molar-refractivity contribution is 7.92. The molecule has 1 fully saturated rings. The lowest BCUT2D eigenvalue weighted by Crippen LogP contribution is -2.32. The van der Waals surface area contributed by atoms with E-state index >= 15 is 0 Å². The first kappa shape index (κ1) is 17.5. The lowest BCUT2D eigenvalue weighted by atomic mass is 10.1. The molecule has 0 spiro atoms. The molecule has 6 heteroatoms. The zero-order chi connectivity index (χ0) is 17.9. The lowest BCUT2D eigenvalue weighted by molar-refractivity contribution is 0.0938. The zero-order valence-electron chi connectivity index (χ0n) is 14.2. The van der Waals surface area contributed by atoms with Gasteiger partial charge in [-0.15, -0.1) is 0 Å². The average Bonchev–Trinajstić information content (AvgIpc) is 3.10. The number of hydrogen-bond donors (Lipinski definition) is 2. The number of amides is 1. The van der Waals surface area contributed by atoms with Crippen LogP contribution in [0.15, 0.2) is 53.4 Å². The molecule has 1 aliphatic carbocycles. The molecule has 1 amide bonds. The molecule has 0 atom stereocenters. The molecule has 0 heterocycles. The van der Waals surface area contributed by atoms with Crippen LogP contribution in [0.4, 0.5) is 5.69 Å². The molecule has 5 nitrogen and oxygen atoms in total. The summed E-state index contributed by atoms with van der Waals surface area (Å²) < 4.78 is 27.6. The average molecular weight is 358 g/mol. The number of hydrogen-bond acceptors (Lipinski definition) is 3. The molecule has 0 bridgehead atoms. The Bertz CT molecular complexity index is 857. The Kier molecular flexibility index (Phi) is 5.08. The zero-order valence-corrected chi connectivity index (χ0v) is 15.0. The lowest BCUT2D eigenvalue weighted by Gasteiger charge is -2.14. The molecule has 0 radical (unpaired) electrons. The SMILES string of the molecule is Cc1ccc(C(=O)NC2CCCC2)cc1NS(=O)(=O)c1ccccc1. The third-order valence-corrected chi connectivity index (χ3v) is 5.87. The van der Waals surface area contributed by atoms with Crippen molar-refractivity contribution in [2.45, 2.75) is 43.5 Å². The highest BCUT2D eigenvalue weighted by Gasteiger charge is 2.19. The van der Waals surface area contributed by atoms with Crippen LogP contribution in [-0.4, -0.2) is 20.4 Å². The summed E-state index contributed by atoms with van der Waals surface area (Å²) >= 11 is 0. The Balaban J connectivity index is 1.81. The van der Waals surface area contributed by atoms with Gasteiger partial charge < -0.3 is 5.32 Å². The maximum atomic E-state index is 12.5. The maximum Gasteiger partial charge on any atom is 0.261 e. The maximum absolute atomic E-state index is 12.5. The van der Waals surface area contributed by atoms with Crippen LogP contribution < -0.4 is 10.0 Å². The number of carbonyl (C=O) groups is 1. The van der Waals surface area contributed by atoms with Gasteiger partial charge in [-0.1, -0.05) is 37.1 Å². The Hall–Kier alpha value is -2.34. The quantitative estimate of drug-likeness (QED) is 0.859. The van der Waals surface area contributed by atoms with Gasteiger partial charge in [-0.3, -0.25) is 9.52 Å². The molecular formula is C19H22N2O3S. The molecule has 2 N–H and O–H groups in total. The van der Waals surface area contributed by atoms with Crippen molar-refractivity contribution < 1.29 is 13.2 Å². The van der Waals surface area contributed by atoms with Crippen LogP contribution in [-0.2, 0) is 10.0 Å². The summed E-state index contributed by atoms with van der Waals surface area (Å²) in [4.78, 5) is 12.6. The van der Waals surface area contributed by atoms with Crippen LogP contribution in [0.5, 0.6) is 0 Å². The molecular weight excluding hydrogens is 336 g/mol. The van der Waals surface area contributed by atoms with Crippen molar-refractivity contribution in [3.05, 3.63) is 59.7 Å². The highest BCUT2D eigenvalue weighted by atomic mass is 32.2. The van der Waals surface area contributed by atoms with Crippen LogP contribution in [0.2, 0.25) is 0 Å². The van der Waals surface area contributed by atoms with E-state index in [1.54, 1.807) is 36.4 Å². The molecule has 25 heavy (non-hydrogen) atoms. The van der Waals surface area contributed by atoms with Crippen molar-refractivity contribution in [1.29, 1.82) is 0 Å². The van der Waals surface area contributed by atoms with Gasteiger partial charge in [0.15, 0.2) is 0 Å². The van der Waals surface area contributed by atoms with Gasteiger partial charge in [0.05, 0.1) is 10.6 Å². The Morgan fingerprint density at radius 1 is 1.04 bits per heavy atom. The van der Waals surface area contributed by atoms with E-state index in [2.05, 4.69) is 10.0 Å². The van der Waals surface area contributed by atoms with Crippen LogP contribution in [0, 0.1) is 6.92 Å². The molecule has 1 aliphatic rings. The molecule has 0 aromatic heterocycles. The smallest absolute Gasteiger partial charge is 0.261 e. The second kappa shape index (κ2) is 7.27. The fourth-order valence-electron chi connectivity index (χ4n) is 3.02. The third kappa shape index (κ3) is 4.20. The minimum absolute atomic E-state index is 0.160. The van der Waals surface area contributed by atoms with Crippen molar-refractivity contribution in [3.8, 4) is 0 Å². The Labute approximate surface area is 148 Å². The van der Waals surface area contributed by atoms with E-state index < -0.39 is 10.0 Å². The normalized spacial score (nSPS) is 15.1. The Morgan fingerprint density at radius 2 is 1.72 bits per heavy atom. The van der Waals surface area contributed by atoms with Crippen molar-refractivity contribution in [3.63, 3.8) is 0 Å². The van der Waals surface area contributed by atoms with Gasteiger partial charge in [0.2, 0.25) is 0 Å². The Morgan fingerprint density at radius 3 is 2.40 bits per heavy atom. The van der Waals surface area contributed by atoms with Gasteiger partial charge in [0, 0.05) is 11.6 Å². The molecule has 2 aromatic carbocycles. The van der Waals surface area contributed by atoms with E-state index in [0.29, 0.717) is 11.3 Å². The molecule has 1 saturated carbocycles. The third-order valence-electron chi connectivity index (χ3n) is 4.49. The van der Waals surface area contributed by atoms with Crippen LogP contribution in [0.1, 0.15) is 41.6 Å². The van der Waals surface area contributed by atoms with E-state index in [4.69, 9.17) is 0 Å². The first-order chi connectivity index (χ1) is 12.0. The predicted octanol–water partition coefficient (Wildman–Crippen LogP) is 3.47. The number of sulfonamides is 1. The standard InChI is InChI=1S/C19H22N2O3S/c1-14-11-12-15(19(22)20-16-7-5-6-8-16)13-18(14)21-25(23,24)17-9-3-2-4-10-17/h2-4,9-13,16,21H,5-8H2,1H3,(H,20,22). The number of nitrogens with one attached hydrogen (secondary N) is 2. The summed E-state index contributed by atoms with van der Waals surface area (Å²) in [5.74, 6) is -0.160. The summed E-state index contributed by atoms with van der Waals surface area (Å²) in [6.07, 6.45) is 4.29. The van der Waals surface area contributed by atoms with E-state index in [9.17, 15) is 13.2 Å². The van der Waals surface area contributed by atoms with Gasteiger partial charge in [-0.25, -0.2) is 8.42 Å². The molecule has 0 aliphatic heterocycles. The van der Waals surface area contributed by atoms with Gasteiger partial charge in [0.25, 0.3) is 15.9 Å². The summed E-state index contributed by atoms with van der Waals surface area (Å²) in [7, 11) is -3.68. The van der Waals surface area contributed by atoms with E-state index in [1.807, 2.05) is 6.92 Å². The van der Waals surface area contributed by atoms with Crippen molar-refractivity contribution >= 4 is 21.6 Å². The molecule has 132 valence electrons. The largest absolute Gasteiger partial charge is 0.349 e. The van der Waals surface area contributed by atoms with E-state index in [-0.39, 0.29) is 16.8 Å². The number of rotatable bonds is 5. The fraction of sp³-hybridized carbons (Fsp3) is 0.316. The van der Waals surface area contributed by atoms with Crippen molar-refractivity contribution in [2.75, 3.05) is 4.72 Å². The number of carbonyl (C=O) groups excluding carboxylic acids is 1. The second-order valence-electron chi connectivity index (χ2n) is 6.40. The van der Waals surface area contributed by atoms with Crippen LogP contribution >= 0.6 is 0 Å². The van der Waals surface area contributed by atoms with Gasteiger partial charge in [-0.05, 0) is 49.6 Å². The van der Waals surface area contributed by atoms with Crippen LogP contribution in [0.3, 0.4) is 0 Å². The van der Waals surface area contributed by atoms with Crippen molar-refractivity contribution in [2.24, 2.45) is 0 Å². The van der Waals surface area contributed by atoms with E-state index in [1.165, 1.54) is 12.1 Å². The molecule has 3 rings (SSSR count). The van der Waals surface area contributed by atoms with E-state index in [0.717, 1.165) is 31.2 Å². The van der Waals surface area contributed by atoms with Gasteiger partial charge >= 0.3 is 0 Å². The van der Waals surface area contributed by atoms with Crippen LogP contribution in [0.25, 0.3) is 0 Å². The minimum Gasteiger partial charge on any atom is -0.349 e. The monoisotopic (exact) mass is 358 g/mol. The minimum atomic E-state index is -3.68. The van der Waals surface area contributed by atoms with Gasteiger partial charge in [0.1, 0.15) is 0 Å². The molecule has 0 unspecified atom stereocenters.